The number of benzene rings is 3. The van der Waals surface area contributed by atoms with Gasteiger partial charge >= 0.3 is 0 Å². The first-order chi connectivity index (χ1) is 24.5. The number of ether oxygens (including phenoxy) is 1. The summed E-state index contributed by atoms with van der Waals surface area (Å²) in [6.07, 6.45) is 2.36. The molecule has 2 saturated heterocycles. The summed E-state index contributed by atoms with van der Waals surface area (Å²) in [6.45, 7) is 0.177. The Labute approximate surface area is 315 Å². The Balaban J connectivity index is 1.33. The third-order valence-electron chi connectivity index (χ3n) is 10.9. The first-order valence-corrected chi connectivity index (χ1v) is 18.8. The molecule has 9 nitrogen and oxygen atoms in total. The number of imide groups is 2. The first kappa shape index (κ1) is 34.0. The monoisotopic (exact) mass is 805 g/mol. The van der Waals surface area contributed by atoms with Crippen molar-refractivity contribution in [3.63, 3.8) is 0 Å². The number of aromatic hydroxyl groups is 1. The minimum Gasteiger partial charge on any atom is -0.508 e. The molecule has 2 aliphatic heterocycles. The number of hydrazine groups is 1. The van der Waals surface area contributed by atoms with Gasteiger partial charge in [0.1, 0.15) is 11.5 Å². The van der Waals surface area contributed by atoms with E-state index < -0.39 is 46.8 Å². The number of likely N-dealkylation sites (tertiary alicyclic amines) is 1. The van der Waals surface area contributed by atoms with Gasteiger partial charge in [0.05, 0.1) is 47.5 Å². The highest BCUT2D eigenvalue weighted by molar-refractivity contribution is 9.10. The van der Waals surface area contributed by atoms with E-state index in [0.717, 1.165) is 15.5 Å². The lowest BCUT2D eigenvalue weighted by atomic mass is 9.49. The van der Waals surface area contributed by atoms with Crippen LogP contribution in [0, 0.1) is 23.7 Å². The van der Waals surface area contributed by atoms with Gasteiger partial charge in [-0.1, -0.05) is 69.0 Å². The number of rotatable bonds is 7. The Morgan fingerprint density at radius 1 is 0.980 bits per heavy atom. The topological polar surface area (TPSA) is 116 Å². The van der Waals surface area contributed by atoms with Crippen molar-refractivity contribution in [3.8, 4) is 11.5 Å². The molecule has 4 amide bonds. The summed E-state index contributed by atoms with van der Waals surface area (Å²) >= 11 is 17.7. The number of hydrogen-bond donors (Lipinski definition) is 2. The van der Waals surface area contributed by atoms with Gasteiger partial charge in [0, 0.05) is 25.9 Å². The van der Waals surface area contributed by atoms with Crippen molar-refractivity contribution in [2.75, 3.05) is 12.5 Å². The highest BCUT2D eigenvalue weighted by Gasteiger charge is 2.70. The zero-order chi connectivity index (χ0) is 35.8. The SMILES string of the molecule is COc1ccc(C23C(=O)N(Nc4ccc(Cl)cc4Cl)C(=O)C2CC2C(=CCC4C(=O)N(Cc5cccs5)C(=O)C42)C3c2cc(Br)ccc2O)cc1. The van der Waals surface area contributed by atoms with E-state index in [9.17, 15) is 19.5 Å². The molecule has 1 aromatic heterocycles. The van der Waals surface area contributed by atoms with Crippen molar-refractivity contribution in [1.29, 1.82) is 0 Å². The third kappa shape index (κ3) is 5.23. The van der Waals surface area contributed by atoms with Gasteiger partial charge in [-0.15, -0.1) is 11.3 Å². The molecule has 0 spiro atoms. The van der Waals surface area contributed by atoms with Gasteiger partial charge < -0.3 is 9.84 Å². The van der Waals surface area contributed by atoms with Crippen molar-refractivity contribution in [2.45, 2.75) is 30.7 Å². The number of halogens is 3. The van der Waals surface area contributed by atoms with Gasteiger partial charge in [0.2, 0.25) is 11.8 Å². The van der Waals surface area contributed by atoms with Crippen LogP contribution in [0.15, 0.2) is 94.3 Å². The number of allylic oxidation sites excluding steroid dienone is 2. The lowest BCUT2D eigenvalue weighted by Crippen LogP contribution is -2.53. The van der Waals surface area contributed by atoms with E-state index in [-0.39, 0.29) is 42.0 Å². The lowest BCUT2D eigenvalue weighted by Gasteiger charge is -2.50. The number of methoxy groups -OCH3 is 1. The highest BCUT2D eigenvalue weighted by atomic mass is 79.9. The summed E-state index contributed by atoms with van der Waals surface area (Å²) in [5.41, 5.74) is 3.40. The molecule has 4 aromatic rings. The zero-order valence-corrected chi connectivity index (χ0v) is 30.9. The van der Waals surface area contributed by atoms with Crippen LogP contribution in [0.2, 0.25) is 10.0 Å². The zero-order valence-electron chi connectivity index (χ0n) is 27.0. The number of anilines is 1. The molecule has 2 aliphatic carbocycles. The minimum atomic E-state index is -1.58. The molecule has 260 valence electrons. The standard InChI is InChI=1S/C38H30BrCl2N3O6S/c1-50-22-8-4-19(5-9-22)38-28(35(47)44(37(38)49)42-30-12-7-21(40)16-29(30)41)17-26-24(33(38)27-15-20(39)6-13-31(27)45)10-11-25-32(26)36(48)43(34(25)46)18-23-3-2-14-51-23/h2-10,12-16,25-26,28,32-33,42,45H,11,17-18H2,1H3. The second-order valence-corrected chi connectivity index (χ2v) is 16.0. The smallest absolute Gasteiger partial charge is 0.260 e. The molecule has 1 saturated carbocycles. The predicted octanol–water partition coefficient (Wildman–Crippen LogP) is 7.72. The molecule has 51 heavy (non-hydrogen) atoms. The van der Waals surface area contributed by atoms with Gasteiger partial charge in [-0.3, -0.25) is 29.5 Å². The second kappa shape index (κ2) is 12.8. The van der Waals surface area contributed by atoms with Crippen LogP contribution in [0.5, 0.6) is 11.5 Å². The summed E-state index contributed by atoms with van der Waals surface area (Å²) in [7, 11) is 1.54. The van der Waals surface area contributed by atoms with Crippen LogP contribution in [0.3, 0.4) is 0 Å². The number of fused-ring (bicyclic) bond motifs is 4. The fraction of sp³-hybridized carbons (Fsp3) is 0.263. The fourth-order valence-corrected chi connectivity index (χ4v) is 10.2. The molecule has 2 N–H and O–H groups in total. The van der Waals surface area contributed by atoms with Gasteiger partial charge in [-0.25, -0.2) is 0 Å². The molecular weight excluding hydrogens is 777 g/mol. The Kier molecular flexibility index (Phi) is 8.53. The molecule has 8 rings (SSSR count). The molecule has 0 radical (unpaired) electrons. The van der Waals surface area contributed by atoms with E-state index in [1.165, 1.54) is 22.3 Å². The maximum Gasteiger partial charge on any atom is 0.260 e. The van der Waals surface area contributed by atoms with Crippen LogP contribution < -0.4 is 10.2 Å². The van der Waals surface area contributed by atoms with E-state index in [1.54, 1.807) is 61.7 Å². The average molecular weight is 808 g/mol. The number of carbonyl (C=O) groups is 4. The van der Waals surface area contributed by atoms with E-state index in [0.29, 0.717) is 32.1 Å². The van der Waals surface area contributed by atoms with Crippen LogP contribution in [0.25, 0.3) is 0 Å². The van der Waals surface area contributed by atoms with Crippen molar-refractivity contribution < 1.29 is 29.0 Å². The number of nitrogens with one attached hydrogen (secondary N) is 1. The van der Waals surface area contributed by atoms with Crippen molar-refractivity contribution in [1.82, 2.24) is 9.91 Å². The van der Waals surface area contributed by atoms with Gasteiger partial charge in [-0.2, -0.15) is 5.01 Å². The Hall–Kier alpha value is -4.16. The van der Waals surface area contributed by atoms with Crippen LogP contribution in [-0.2, 0) is 31.1 Å². The molecule has 0 bridgehead atoms. The highest BCUT2D eigenvalue weighted by Crippen LogP contribution is 2.65. The quantitative estimate of drug-likeness (QED) is 0.145. The molecule has 3 fully saturated rings. The molecule has 6 unspecified atom stereocenters. The van der Waals surface area contributed by atoms with E-state index in [4.69, 9.17) is 27.9 Å². The van der Waals surface area contributed by atoms with Gasteiger partial charge in [0.15, 0.2) is 0 Å². The van der Waals surface area contributed by atoms with Gasteiger partial charge in [-0.05, 0) is 84.3 Å². The van der Waals surface area contributed by atoms with Crippen LogP contribution in [0.1, 0.15) is 34.8 Å². The van der Waals surface area contributed by atoms with E-state index in [1.807, 2.05) is 23.6 Å². The number of thiophene rings is 1. The fourth-order valence-electron chi connectivity index (χ4n) is 8.72. The summed E-state index contributed by atoms with van der Waals surface area (Å²) < 4.78 is 6.11. The summed E-state index contributed by atoms with van der Waals surface area (Å²) in [5.74, 6) is -4.92. The average Bonchev–Trinajstić information content (AvgIpc) is 3.78. The number of amides is 4. The normalized spacial score (nSPS) is 26.9. The molecule has 4 aliphatic rings. The summed E-state index contributed by atoms with van der Waals surface area (Å²) in [5, 5.41) is 15.1. The molecular formula is C38H30BrCl2N3O6S. The third-order valence-corrected chi connectivity index (χ3v) is 12.8. The molecule has 6 atom stereocenters. The summed E-state index contributed by atoms with van der Waals surface area (Å²) in [6, 6.07) is 20.5. The number of hydrogen-bond acceptors (Lipinski definition) is 8. The Morgan fingerprint density at radius 3 is 2.47 bits per heavy atom. The number of phenolic OH excluding ortho intramolecular Hbond substituents is 1. The number of nitrogens with zero attached hydrogens (tertiary/aromatic N) is 2. The molecule has 13 heteroatoms. The Bertz CT molecular complexity index is 2140. The van der Waals surface area contributed by atoms with Crippen molar-refractivity contribution in [3.05, 3.63) is 120 Å². The van der Waals surface area contributed by atoms with Crippen molar-refractivity contribution >= 4 is 79.8 Å². The second-order valence-electron chi connectivity index (χ2n) is 13.3. The minimum absolute atomic E-state index is 0.0703. The van der Waals surface area contributed by atoms with Crippen LogP contribution >= 0.6 is 50.5 Å². The summed E-state index contributed by atoms with van der Waals surface area (Å²) in [4.78, 5) is 60.6. The molecule has 3 aromatic carbocycles. The number of carbonyl (C=O) groups excluding carboxylic acids is 4. The van der Waals surface area contributed by atoms with Crippen LogP contribution in [0.4, 0.5) is 5.69 Å². The first-order valence-electron chi connectivity index (χ1n) is 16.3. The van der Waals surface area contributed by atoms with Crippen LogP contribution in [-0.4, -0.2) is 45.8 Å². The van der Waals surface area contributed by atoms with Gasteiger partial charge in [0.25, 0.3) is 11.8 Å². The largest absolute Gasteiger partial charge is 0.508 e. The maximum atomic E-state index is 15.3. The lowest BCUT2D eigenvalue weighted by molar-refractivity contribution is -0.141. The van der Waals surface area contributed by atoms with Crippen molar-refractivity contribution in [2.24, 2.45) is 23.7 Å². The predicted molar refractivity (Wildman–Crippen MR) is 196 cm³/mol. The maximum absolute atomic E-state index is 15.3. The number of phenols is 1. The van der Waals surface area contributed by atoms with E-state index in [2.05, 4.69) is 21.4 Å². The van der Waals surface area contributed by atoms with E-state index >= 15 is 4.79 Å². The Morgan fingerprint density at radius 2 is 1.76 bits per heavy atom. The molecule has 3 heterocycles.